The first-order chi connectivity index (χ1) is 16.8. The van der Waals surface area contributed by atoms with Crippen LogP contribution in [-0.4, -0.2) is 23.8 Å². The van der Waals surface area contributed by atoms with Crippen molar-refractivity contribution in [3.63, 3.8) is 0 Å². The van der Waals surface area contributed by atoms with E-state index in [1.54, 1.807) is 0 Å². The summed E-state index contributed by atoms with van der Waals surface area (Å²) in [6.45, 7) is 1.84. The van der Waals surface area contributed by atoms with E-state index in [9.17, 15) is 23.2 Å². The van der Waals surface area contributed by atoms with Gasteiger partial charge in [0.2, 0.25) is 17.7 Å². The summed E-state index contributed by atoms with van der Waals surface area (Å²) in [5.41, 5.74) is 4.02. The highest BCUT2D eigenvalue weighted by Crippen LogP contribution is 2.25. The third-order valence-electron chi connectivity index (χ3n) is 5.83. The second kappa shape index (κ2) is 10.5. The molecule has 0 bridgehead atoms. The number of rotatable bonds is 7. The Labute approximate surface area is 201 Å². The molecule has 2 atom stereocenters. The summed E-state index contributed by atoms with van der Waals surface area (Å²) in [4.78, 5) is 37.6. The number of carbonyl (C=O) groups excluding carboxylic acids is 3. The number of nitrogens with one attached hydrogen (secondary N) is 3. The Morgan fingerprint density at radius 3 is 2.40 bits per heavy atom. The molecule has 4 rings (SSSR count). The van der Waals surface area contributed by atoms with Crippen molar-refractivity contribution in [2.24, 2.45) is 0 Å². The molecule has 0 saturated carbocycles. The van der Waals surface area contributed by atoms with Crippen molar-refractivity contribution in [3.8, 4) is 0 Å². The van der Waals surface area contributed by atoms with Crippen LogP contribution in [0, 0.1) is 11.6 Å². The molecule has 1 heterocycles. The van der Waals surface area contributed by atoms with E-state index in [4.69, 9.17) is 0 Å². The molecule has 0 saturated heterocycles. The summed E-state index contributed by atoms with van der Waals surface area (Å²) < 4.78 is 26.7. The largest absolute Gasteiger partial charge is 0.350 e. The molecule has 3 amide bonds. The molecule has 3 aromatic carbocycles. The highest BCUT2D eigenvalue weighted by molar-refractivity contribution is 5.93. The molecule has 0 fully saturated rings. The van der Waals surface area contributed by atoms with Gasteiger partial charge in [-0.2, -0.15) is 0 Å². The Kier molecular flexibility index (Phi) is 7.19. The normalized spacial score (nSPS) is 15.5. The van der Waals surface area contributed by atoms with Crippen LogP contribution in [0.4, 0.5) is 8.78 Å². The number of carbonyl (C=O) groups is 3. The van der Waals surface area contributed by atoms with Crippen molar-refractivity contribution in [1.29, 1.82) is 0 Å². The predicted molar refractivity (Wildman–Crippen MR) is 126 cm³/mol. The Morgan fingerprint density at radius 1 is 0.971 bits per heavy atom. The summed E-state index contributed by atoms with van der Waals surface area (Å²) >= 11 is 0. The zero-order valence-electron chi connectivity index (χ0n) is 19.1. The lowest BCUT2D eigenvalue weighted by Gasteiger charge is -2.28. The van der Waals surface area contributed by atoms with Gasteiger partial charge in [0.05, 0.1) is 6.42 Å². The number of amides is 3. The molecule has 1 aliphatic heterocycles. The van der Waals surface area contributed by atoms with Gasteiger partial charge in [-0.25, -0.2) is 8.78 Å². The van der Waals surface area contributed by atoms with E-state index in [0.29, 0.717) is 12.1 Å². The smallest absolute Gasteiger partial charge is 0.247 e. The molecule has 0 spiro atoms. The summed E-state index contributed by atoms with van der Waals surface area (Å²) in [5, 5.41) is 8.00. The molecular formula is C27H25F2N3O3. The van der Waals surface area contributed by atoms with Gasteiger partial charge in [0.25, 0.3) is 0 Å². The monoisotopic (exact) mass is 477 g/mol. The highest BCUT2D eigenvalue weighted by Gasteiger charge is 2.30. The molecule has 1 aliphatic rings. The molecule has 180 valence electrons. The van der Waals surface area contributed by atoms with Gasteiger partial charge in [-0.05, 0) is 53.3 Å². The lowest BCUT2D eigenvalue weighted by Crippen LogP contribution is -2.50. The number of halogens is 2. The van der Waals surface area contributed by atoms with Crippen LogP contribution in [0.3, 0.4) is 0 Å². The van der Waals surface area contributed by atoms with Gasteiger partial charge in [0, 0.05) is 12.6 Å². The third-order valence-corrected chi connectivity index (χ3v) is 5.83. The zero-order valence-corrected chi connectivity index (χ0v) is 19.1. The number of benzene rings is 3. The standard InChI is InChI=1S/C27H25F2N3O3/c1-16(31-24(33)13-19-11-21(28)14-22(29)12-19)26(34)32-25-23-8-7-18(9-17-5-3-2-4-6-17)10-20(23)15-30-27(25)35/h2-8,10-12,14,16,25H,9,13,15H2,1H3,(H,30,35)(H,31,33)(H,32,34)/t16-,25?/m0/s1. The van der Waals surface area contributed by atoms with Gasteiger partial charge in [0.15, 0.2) is 0 Å². The topological polar surface area (TPSA) is 87.3 Å². The van der Waals surface area contributed by atoms with Gasteiger partial charge in [-0.15, -0.1) is 0 Å². The van der Waals surface area contributed by atoms with Gasteiger partial charge < -0.3 is 16.0 Å². The van der Waals surface area contributed by atoms with Gasteiger partial charge in [0.1, 0.15) is 23.7 Å². The summed E-state index contributed by atoms with van der Waals surface area (Å²) in [5.74, 6) is -3.03. The molecule has 0 aliphatic carbocycles. The quantitative estimate of drug-likeness (QED) is 0.489. The number of fused-ring (bicyclic) bond motifs is 1. The van der Waals surface area contributed by atoms with Crippen LogP contribution < -0.4 is 16.0 Å². The zero-order chi connectivity index (χ0) is 24.9. The average Bonchev–Trinajstić information content (AvgIpc) is 2.80. The van der Waals surface area contributed by atoms with Crippen LogP contribution in [0.15, 0.2) is 66.7 Å². The lowest BCUT2D eigenvalue weighted by atomic mass is 9.92. The molecule has 0 radical (unpaired) electrons. The molecule has 3 aromatic rings. The highest BCUT2D eigenvalue weighted by atomic mass is 19.1. The predicted octanol–water partition coefficient (Wildman–Crippen LogP) is 3.09. The average molecular weight is 478 g/mol. The van der Waals surface area contributed by atoms with E-state index in [1.807, 2.05) is 48.5 Å². The number of hydrogen-bond acceptors (Lipinski definition) is 3. The molecule has 6 nitrogen and oxygen atoms in total. The Hall–Kier alpha value is -4.07. The molecule has 35 heavy (non-hydrogen) atoms. The van der Waals surface area contributed by atoms with Crippen molar-refractivity contribution >= 4 is 17.7 Å². The van der Waals surface area contributed by atoms with Crippen molar-refractivity contribution in [1.82, 2.24) is 16.0 Å². The Morgan fingerprint density at radius 2 is 1.69 bits per heavy atom. The molecule has 3 N–H and O–H groups in total. The van der Waals surface area contributed by atoms with Crippen LogP contribution in [0.2, 0.25) is 0 Å². The van der Waals surface area contributed by atoms with E-state index >= 15 is 0 Å². The van der Waals surface area contributed by atoms with Crippen LogP contribution >= 0.6 is 0 Å². The molecular weight excluding hydrogens is 452 g/mol. The van der Waals surface area contributed by atoms with Crippen molar-refractivity contribution < 1.29 is 23.2 Å². The fourth-order valence-electron chi connectivity index (χ4n) is 4.13. The Balaban J connectivity index is 1.40. The SMILES string of the molecule is C[C@H](NC(=O)Cc1cc(F)cc(F)c1)C(=O)NC1C(=O)NCc2cc(Cc3ccccc3)ccc21. The second-order valence-corrected chi connectivity index (χ2v) is 8.60. The summed E-state index contributed by atoms with van der Waals surface area (Å²) in [7, 11) is 0. The minimum atomic E-state index is -0.962. The number of hydrogen-bond donors (Lipinski definition) is 3. The van der Waals surface area contributed by atoms with Gasteiger partial charge in [-0.3, -0.25) is 14.4 Å². The maximum atomic E-state index is 13.3. The van der Waals surface area contributed by atoms with Gasteiger partial charge >= 0.3 is 0 Å². The van der Waals surface area contributed by atoms with Crippen LogP contribution in [0.1, 0.15) is 40.8 Å². The van der Waals surface area contributed by atoms with Crippen molar-refractivity contribution in [3.05, 3.63) is 106 Å². The van der Waals surface area contributed by atoms with E-state index in [-0.39, 0.29) is 17.9 Å². The van der Waals surface area contributed by atoms with Crippen LogP contribution in [-0.2, 0) is 33.8 Å². The fraction of sp³-hybridized carbons (Fsp3) is 0.222. The first kappa shape index (κ1) is 24.1. The van der Waals surface area contributed by atoms with Crippen molar-refractivity contribution in [2.45, 2.75) is 38.4 Å². The van der Waals surface area contributed by atoms with Crippen LogP contribution in [0.5, 0.6) is 0 Å². The molecule has 0 aromatic heterocycles. The van der Waals surface area contributed by atoms with Crippen molar-refractivity contribution in [2.75, 3.05) is 0 Å². The van der Waals surface area contributed by atoms with E-state index in [1.165, 1.54) is 12.5 Å². The third kappa shape index (κ3) is 6.09. The molecule has 8 heteroatoms. The fourth-order valence-corrected chi connectivity index (χ4v) is 4.13. The van der Waals surface area contributed by atoms with E-state index < -0.39 is 35.5 Å². The maximum Gasteiger partial charge on any atom is 0.247 e. The second-order valence-electron chi connectivity index (χ2n) is 8.60. The van der Waals surface area contributed by atoms with Crippen LogP contribution in [0.25, 0.3) is 0 Å². The minimum absolute atomic E-state index is 0.152. The first-order valence-electron chi connectivity index (χ1n) is 11.3. The lowest BCUT2D eigenvalue weighted by molar-refractivity contribution is -0.132. The first-order valence-corrected chi connectivity index (χ1v) is 11.3. The minimum Gasteiger partial charge on any atom is -0.350 e. The molecule has 1 unspecified atom stereocenters. The van der Waals surface area contributed by atoms with E-state index in [2.05, 4.69) is 16.0 Å². The maximum absolute atomic E-state index is 13.3. The van der Waals surface area contributed by atoms with E-state index in [0.717, 1.165) is 35.7 Å². The summed E-state index contributed by atoms with van der Waals surface area (Å²) in [6.07, 6.45) is 0.459. The van der Waals surface area contributed by atoms with Gasteiger partial charge in [-0.1, -0.05) is 48.5 Å². The Bertz CT molecular complexity index is 1240. The summed E-state index contributed by atoms with van der Waals surface area (Å²) in [6, 6.07) is 16.8.